The number of nitrogens with one attached hydrogen (secondary N) is 2. The zero-order chi connectivity index (χ0) is 27.0. The van der Waals surface area contributed by atoms with E-state index >= 15 is 0 Å². The normalized spacial score (nSPS) is 18.6. The van der Waals surface area contributed by atoms with Crippen LogP contribution in [0.25, 0.3) is 11.1 Å². The molecule has 2 N–H and O–H groups in total. The highest BCUT2D eigenvalue weighted by atomic mass is 35.5. The highest BCUT2D eigenvalue weighted by Crippen LogP contribution is 2.46. The molecular formula is C28H29Cl2N5O3. The van der Waals surface area contributed by atoms with E-state index in [1.807, 2.05) is 24.3 Å². The van der Waals surface area contributed by atoms with E-state index in [2.05, 4.69) is 39.4 Å². The van der Waals surface area contributed by atoms with Crippen LogP contribution in [0.2, 0.25) is 10.0 Å². The van der Waals surface area contributed by atoms with Crippen LogP contribution in [-0.4, -0.2) is 56.1 Å². The molecule has 2 aliphatic rings. The summed E-state index contributed by atoms with van der Waals surface area (Å²) in [7, 11) is 3.08. The highest BCUT2D eigenvalue weighted by Gasteiger charge is 2.24. The van der Waals surface area contributed by atoms with Crippen molar-refractivity contribution in [1.29, 1.82) is 0 Å². The molecule has 198 valence electrons. The van der Waals surface area contributed by atoms with Gasteiger partial charge in [0.05, 0.1) is 42.7 Å². The lowest BCUT2D eigenvalue weighted by Crippen LogP contribution is -2.54. The topological polar surface area (TPSA) is 88.1 Å². The molecule has 5 rings (SSSR count). The molecule has 0 saturated carbocycles. The summed E-state index contributed by atoms with van der Waals surface area (Å²) < 4.78 is 10.8. The number of rotatable bonds is 5. The number of carbonyl (C=O) groups excluding carboxylic acids is 1. The van der Waals surface area contributed by atoms with Gasteiger partial charge in [0.25, 0.3) is 5.91 Å². The number of halogens is 2. The van der Waals surface area contributed by atoms with Gasteiger partial charge in [0, 0.05) is 42.4 Å². The van der Waals surface area contributed by atoms with Crippen molar-refractivity contribution in [1.82, 2.24) is 15.6 Å². The van der Waals surface area contributed by atoms with Crippen molar-refractivity contribution in [2.24, 2.45) is 4.99 Å². The molecule has 2 aliphatic heterocycles. The number of fused-ring (bicyclic) bond motifs is 1. The van der Waals surface area contributed by atoms with Crippen LogP contribution in [0.3, 0.4) is 0 Å². The minimum absolute atomic E-state index is 0.308. The van der Waals surface area contributed by atoms with Crippen molar-refractivity contribution >= 4 is 40.6 Å². The second kappa shape index (κ2) is 10.8. The first-order valence-electron chi connectivity index (χ1n) is 12.4. The van der Waals surface area contributed by atoms with Gasteiger partial charge in [-0.1, -0.05) is 35.3 Å². The van der Waals surface area contributed by atoms with E-state index in [0.29, 0.717) is 57.3 Å². The lowest BCUT2D eigenvalue weighted by atomic mass is 9.99. The van der Waals surface area contributed by atoms with Crippen molar-refractivity contribution in [2.45, 2.75) is 32.5 Å². The first-order chi connectivity index (χ1) is 18.3. The Bertz CT molecular complexity index is 1370. The van der Waals surface area contributed by atoms with Crippen molar-refractivity contribution < 1.29 is 14.3 Å². The van der Waals surface area contributed by atoms with E-state index in [4.69, 9.17) is 32.7 Å². The van der Waals surface area contributed by atoms with E-state index in [-0.39, 0.29) is 5.91 Å². The fraction of sp³-hybridized carbons (Fsp3) is 0.321. The largest absolute Gasteiger partial charge is 0.495 e. The van der Waals surface area contributed by atoms with Gasteiger partial charge in [-0.2, -0.15) is 0 Å². The molecule has 3 heterocycles. The Morgan fingerprint density at radius 3 is 2.32 bits per heavy atom. The van der Waals surface area contributed by atoms with Crippen LogP contribution in [-0.2, 0) is 6.54 Å². The third kappa shape index (κ3) is 5.04. The molecule has 0 unspecified atom stereocenters. The number of anilines is 1. The number of piperazine rings is 1. The van der Waals surface area contributed by atoms with Crippen LogP contribution in [0.1, 0.15) is 35.5 Å². The zero-order valence-electron chi connectivity index (χ0n) is 21.6. The molecule has 0 radical (unpaired) electrons. The molecule has 2 aromatic carbocycles. The second-order valence-electron chi connectivity index (χ2n) is 9.55. The fourth-order valence-electron chi connectivity index (χ4n) is 5.02. The standard InChI is InChI=1S/C28H29Cl2N5O3/c1-15-13-35(14-16(2)33-15)19-6-8-21(31-12-19)28(36)34-27-20-7-5-17(9-18(20)11-32-27)24-25(29)22(37-3)10-23(38-4)26(24)30/h5-10,12,15-16,33H,11,13-14H2,1-4H3,(H,32,34,36)/t15-,16+. The number of hydrogen-bond acceptors (Lipinski definition) is 7. The Labute approximate surface area is 232 Å². The van der Waals surface area contributed by atoms with Crippen LogP contribution < -0.4 is 25.0 Å². The fourth-order valence-corrected chi connectivity index (χ4v) is 5.74. The van der Waals surface area contributed by atoms with Gasteiger partial charge in [0.15, 0.2) is 0 Å². The van der Waals surface area contributed by atoms with E-state index in [1.54, 1.807) is 18.3 Å². The number of aliphatic imine (C=N–C) groups is 1. The number of hydrogen-bond donors (Lipinski definition) is 2. The first-order valence-corrected chi connectivity index (χ1v) is 13.1. The zero-order valence-corrected chi connectivity index (χ0v) is 23.2. The van der Waals surface area contributed by atoms with E-state index in [1.165, 1.54) is 14.2 Å². The van der Waals surface area contributed by atoms with Gasteiger partial charge in [0.1, 0.15) is 23.0 Å². The average Bonchev–Trinajstić information content (AvgIpc) is 3.30. The van der Waals surface area contributed by atoms with Crippen molar-refractivity contribution in [3.63, 3.8) is 0 Å². The van der Waals surface area contributed by atoms with E-state index < -0.39 is 0 Å². The van der Waals surface area contributed by atoms with Crippen molar-refractivity contribution in [3.8, 4) is 22.6 Å². The number of benzene rings is 2. The molecule has 1 fully saturated rings. The number of carbonyl (C=O) groups is 1. The Hall–Kier alpha value is -3.33. The first kappa shape index (κ1) is 26.3. The van der Waals surface area contributed by atoms with E-state index in [9.17, 15) is 4.79 Å². The van der Waals surface area contributed by atoms with Gasteiger partial charge in [-0.3, -0.25) is 9.79 Å². The quantitative estimate of drug-likeness (QED) is 0.464. The smallest absolute Gasteiger partial charge is 0.275 e. The molecule has 0 bridgehead atoms. The van der Waals surface area contributed by atoms with Crippen LogP contribution in [0.4, 0.5) is 5.69 Å². The molecule has 1 aromatic heterocycles. The molecule has 8 nitrogen and oxygen atoms in total. The van der Waals surface area contributed by atoms with Crippen LogP contribution in [0.5, 0.6) is 11.5 Å². The van der Waals surface area contributed by atoms with Crippen molar-refractivity contribution in [3.05, 3.63) is 69.5 Å². The average molecular weight is 554 g/mol. The molecule has 1 saturated heterocycles. The third-order valence-corrected chi connectivity index (χ3v) is 7.52. The summed E-state index contributed by atoms with van der Waals surface area (Å²) >= 11 is 13.2. The Morgan fingerprint density at radius 2 is 1.71 bits per heavy atom. The van der Waals surface area contributed by atoms with Gasteiger partial charge in [0.2, 0.25) is 0 Å². The van der Waals surface area contributed by atoms with Crippen LogP contribution >= 0.6 is 23.2 Å². The molecule has 10 heteroatoms. The lowest BCUT2D eigenvalue weighted by Gasteiger charge is -2.37. The number of amidine groups is 1. The van der Waals surface area contributed by atoms with Crippen LogP contribution in [0, 0.1) is 0 Å². The summed E-state index contributed by atoms with van der Waals surface area (Å²) in [6, 6.07) is 11.9. The predicted molar refractivity (Wildman–Crippen MR) is 151 cm³/mol. The summed E-state index contributed by atoms with van der Waals surface area (Å²) in [5.41, 5.74) is 4.53. The lowest BCUT2D eigenvalue weighted by molar-refractivity contribution is 0.0972. The number of methoxy groups -OCH3 is 2. The molecule has 0 spiro atoms. The van der Waals surface area contributed by atoms with Crippen LogP contribution in [0.15, 0.2) is 47.6 Å². The molecule has 2 atom stereocenters. The number of amides is 1. The predicted octanol–water partition coefficient (Wildman–Crippen LogP) is 4.95. The van der Waals surface area contributed by atoms with Crippen molar-refractivity contribution in [2.75, 3.05) is 32.2 Å². The molecule has 1 amide bonds. The minimum Gasteiger partial charge on any atom is -0.495 e. The molecule has 3 aromatic rings. The molecular weight excluding hydrogens is 525 g/mol. The third-order valence-electron chi connectivity index (χ3n) is 6.77. The SMILES string of the molecule is COc1cc(OC)c(Cl)c(-c2ccc3c(c2)CN=C3NC(=O)c2ccc(N3C[C@@H](C)N[C@@H](C)C3)cn2)c1Cl. The van der Waals surface area contributed by atoms with Gasteiger partial charge in [-0.05, 0) is 43.2 Å². The maximum absolute atomic E-state index is 13.0. The highest BCUT2D eigenvalue weighted by molar-refractivity contribution is 6.41. The summed E-state index contributed by atoms with van der Waals surface area (Å²) in [6.45, 7) is 6.54. The maximum Gasteiger partial charge on any atom is 0.275 e. The minimum atomic E-state index is -0.308. The maximum atomic E-state index is 13.0. The second-order valence-corrected chi connectivity index (χ2v) is 10.3. The number of nitrogens with zero attached hydrogens (tertiary/aromatic N) is 3. The van der Waals surface area contributed by atoms with Gasteiger partial charge < -0.3 is 25.0 Å². The molecule has 38 heavy (non-hydrogen) atoms. The molecule has 0 aliphatic carbocycles. The summed E-state index contributed by atoms with van der Waals surface area (Å²) in [5, 5.41) is 7.22. The van der Waals surface area contributed by atoms with E-state index in [0.717, 1.165) is 35.5 Å². The van der Waals surface area contributed by atoms with Gasteiger partial charge in [-0.15, -0.1) is 0 Å². The number of pyridine rings is 1. The van der Waals surface area contributed by atoms with Gasteiger partial charge in [-0.25, -0.2) is 4.98 Å². The number of ether oxygens (including phenoxy) is 2. The number of aromatic nitrogens is 1. The monoisotopic (exact) mass is 553 g/mol. The Balaban J connectivity index is 1.33. The summed E-state index contributed by atoms with van der Waals surface area (Å²) in [6.07, 6.45) is 1.76. The summed E-state index contributed by atoms with van der Waals surface area (Å²) in [5.74, 6) is 1.13. The van der Waals surface area contributed by atoms with Gasteiger partial charge >= 0.3 is 0 Å². The Morgan fingerprint density at radius 1 is 1.03 bits per heavy atom. The Kier molecular flexibility index (Phi) is 7.47. The summed E-state index contributed by atoms with van der Waals surface area (Å²) in [4.78, 5) is 24.2.